The first-order valence-corrected chi connectivity index (χ1v) is 9.67. The summed E-state index contributed by atoms with van der Waals surface area (Å²) in [5.41, 5.74) is 0. The average Bonchev–Trinajstić information content (AvgIpc) is 2.54. The molecule has 6 nitrogen and oxygen atoms in total. The Morgan fingerprint density at radius 2 is 1.36 bits per heavy atom. The predicted molar refractivity (Wildman–Crippen MR) is 93.3 cm³/mol. The van der Waals surface area contributed by atoms with Gasteiger partial charge in [0, 0.05) is 6.42 Å². The molecule has 0 N–H and O–H groups in total. The van der Waals surface area contributed by atoms with Gasteiger partial charge in [0.15, 0.2) is 5.79 Å². The minimum Gasteiger partial charge on any atom is -0.308 e. The van der Waals surface area contributed by atoms with Gasteiger partial charge in [-0.15, -0.1) is 0 Å². The van der Waals surface area contributed by atoms with Crippen LogP contribution in [0.3, 0.4) is 0 Å². The first kappa shape index (κ1) is 21.9. The highest BCUT2D eigenvalue weighted by molar-refractivity contribution is 5.79. The average molecular weight is 358 g/mol. The molecule has 0 bridgehead atoms. The van der Waals surface area contributed by atoms with Crippen molar-refractivity contribution in [1.82, 2.24) is 0 Å². The summed E-state index contributed by atoms with van der Waals surface area (Å²) in [6.07, 6.45) is 9.70. The van der Waals surface area contributed by atoms with E-state index in [0.29, 0.717) is 6.42 Å². The first-order valence-electron chi connectivity index (χ1n) is 9.67. The predicted octanol–water partition coefficient (Wildman–Crippen LogP) is 4.80. The molecule has 1 aliphatic heterocycles. The van der Waals surface area contributed by atoms with Crippen molar-refractivity contribution in [2.75, 3.05) is 0 Å². The van der Waals surface area contributed by atoms with E-state index < -0.39 is 23.5 Å². The molecule has 1 heterocycles. The fourth-order valence-electron chi connectivity index (χ4n) is 2.94. The summed E-state index contributed by atoms with van der Waals surface area (Å²) >= 11 is 0. The lowest BCUT2D eigenvalue weighted by atomic mass is 10.0. The van der Waals surface area contributed by atoms with Gasteiger partial charge in [0.05, 0.1) is 6.42 Å². The Balaban J connectivity index is 2.34. The molecule has 6 heteroatoms. The number of ether oxygens (including phenoxy) is 2. The van der Waals surface area contributed by atoms with Gasteiger partial charge < -0.3 is 9.47 Å². The van der Waals surface area contributed by atoms with Crippen molar-refractivity contribution in [2.24, 2.45) is 0 Å². The number of hydrogen-bond donors (Lipinski definition) is 0. The maximum Gasteiger partial charge on any atom is 0.414 e. The zero-order chi connectivity index (χ0) is 18.8. The fourth-order valence-corrected chi connectivity index (χ4v) is 2.94. The second-order valence-corrected chi connectivity index (χ2v) is 7.16. The molecule has 0 amide bonds. The summed E-state index contributed by atoms with van der Waals surface area (Å²) in [7, 11) is 0. The first-order chi connectivity index (χ1) is 11.9. The Hall–Kier alpha value is -1.14. The van der Waals surface area contributed by atoms with Crippen LogP contribution in [0.2, 0.25) is 0 Å². The molecule has 0 atom stereocenters. The molecule has 25 heavy (non-hydrogen) atoms. The van der Waals surface area contributed by atoms with Gasteiger partial charge in [0.25, 0.3) is 5.79 Å². The zero-order valence-electron chi connectivity index (χ0n) is 16.2. The number of hydrogen-bond acceptors (Lipinski definition) is 6. The smallest absolute Gasteiger partial charge is 0.308 e. The van der Waals surface area contributed by atoms with Crippen molar-refractivity contribution in [3.63, 3.8) is 0 Å². The van der Waals surface area contributed by atoms with Gasteiger partial charge in [-0.2, -0.15) is 0 Å². The topological polar surface area (TPSA) is 71.1 Å². The zero-order valence-corrected chi connectivity index (χ0v) is 16.2. The molecular formula is C19H34O6. The van der Waals surface area contributed by atoms with Crippen LogP contribution in [-0.2, 0) is 28.8 Å². The van der Waals surface area contributed by atoms with Gasteiger partial charge in [0.2, 0.25) is 0 Å². The van der Waals surface area contributed by atoms with Crippen molar-refractivity contribution in [2.45, 2.75) is 110 Å². The normalized spacial score (nSPS) is 17.6. The fraction of sp³-hybridized carbons (Fsp3) is 0.895. The molecule has 0 aromatic rings. The van der Waals surface area contributed by atoms with E-state index in [2.05, 4.69) is 18.7 Å². The van der Waals surface area contributed by atoms with Crippen LogP contribution < -0.4 is 0 Å². The van der Waals surface area contributed by atoms with E-state index in [0.717, 1.165) is 57.8 Å². The van der Waals surface area contributed by atoms with E-state index in [9.17, 15) is 9.59 Å². The molecule has 0 radical (unpaired) electrons. The Kier molecular flexibility index (Phi) is 9.43. The van der Waals surface area contributed by atoms with Crippen LogP contribution >= 0.6 is 0 Å². The Bertz CT molecular complexity index is 410. The van der Waals surface area contributed by atoms with Crippen molar-refractivity contribution in [1.29, 1.82) is 0 Å². The summed E-state index contributed by atoms with van der Waals surface area (Å²) < 4.78 is 11.3. The van der Waals surface area contributed by atoms with E-state index in [4.69, 9.17) is 14.4 Å². The van der Waals surface area contributed by atoms with E-state index in [1.807, 2.05) is 0 Å². The highest BCUT2D eigenvalue weighted by Gasteiger charge is 2.59. The summed E-state index contributed by atoms with van der Waals surface area (Å²) in [6.45, 7) is 7.71. The van der Waals surface area contributed by atoms with Crippen LogP contribution in [0.4, 0.5) is 0 Å². The Labute approximate surface area is 151 Å². The number of unbranched alkanes of at least 4 members (excludes halogenated alkanes) is 7. The maximum absolute atomic E-state index is 12.3. The Morgan fingerprint density at radius 3 is 1.92 bits per heavy atom. The highest BCUT2D eigenvalue weighted by atomic mass is 17.2. The quantitative estimate of drug-likeness (QED) is 0.283. The van der Waals surface area contributed by atoms with E-state index in [1.165, 1.54) is 0 Å². The minimum absolute atomic E-state index is 0.244. The standard InChI is InChI=1S/C19H34O6/c1-5-7-9-11-12-14-16(20)22-23-17(21)19(15-13-10-8-6-2)24-18(3,4)25-19/h5-15H2,1-4H3. The van der Waals surface area contributed by atoms with Crippen LogP contribution in [0, 0.1) is 0 Å². The van der Waals surface area contributed by atoms with Crippen LogP contribution in [0.25, 0.3) is 0 Å². The van der Waals surface area contributed by atoms with Crippen LogP contribution in [0.15, 0.2) is 0 Å². The van der Waals surface area contributed by atoms with E-state index in [1.54, 1.807) is 13.8 Å². The van der Waals surface area contributed by atoms with E-state index >= 15 is 0 Å². The second-order valence-electron chi connectivity index (χ2n) is 7.16. The third-order valence-corrected chi connectivity index (χ3v) is 4.19. The third-order valence-electron chi connectivity index (χ3n) is 4.19. The third kappa shape index (κ3) is 7.74. The molecule has 0 aromatic heterocycles. The van der Waals surface area contributed by atoms with Crippen LogP contribution in [0.1, 0.15) is 98.3 Å². The van der Waals surface area contributed by atoms with Crippen LogP contribution in [0.5, 0.6) is 0 Å². The van der Waals surface area contributed by atoms with Crippen LogP contribution in [-0.4, -0.2) is 23.5 Å². The molecule has 1 fully saturated rings. The minimum atomic E-state index is -1.45. The lowest BCUT2D eigenvalue weighted by Gasteiger charge is -2.49. The molecule has 0 saturated carbocycles. The summed E-state index contributed by atoms with van der Waals surface area (Å²) in [4.78, 5) is 33.3. The number of rotatable bonds is 12. The molecule has 1 saturated heterocycles. The number of carbonyl (C=O) groups excluding carboxylic acids is 2. The number of carbonyl (C=O) groups is 2. The molecule has 0 spiro atoms. The molecule has 0 unspecified atom stereocenters. The maximum atomic E-state index is 12.3. The van der Waals surface area contributed by atoms with E-state index in [-0.39, 0.29) is 6.42 Å². The molecular weight excluding hydrogens is 324 g/mol. The van der Waals surface area contributed by atoms with Gasteiger partial charge in [-0.25, -0.2) is 19.4 Å². The van der Waals surface area contributed by atoms with Gasteiger partial charge >= 0.3 is 11.9 Å². The van der Waals surface area contributed by atoms with Gasteiger partial charge in [-0.3, -0.25) is 0 Å². The molecule has 0 aliphatic carbocycles. The lowest BCUT2D eigenvalue weighted by Crippen LogP contribution is -2.64. The van der Waals surface area contributed by atoms with Crippen molar-refractivity contribution < 1.29 is 28.8 Å². The largest absolute Gasteiger partial charge is 0.414 e. The molecule has 0 aromatic carbocycles. The summed E-state index contributed by atoms with van der Waals surface area (Å²) in [5.74, 6) is -3.60. The Morgan fingerprint density at radius 1 is 0.800 bits per heavy atom. The second kappa shape index (κ2) is 10.8. The van der Waals surface area contributed by atoms with Gasteiger partial charge in [0.1, 0.15) is 0 Å². The highest BCUT2D eigenvalue weighted by Crippen LogP contribution is 2.42. The molecule has 1 aliphatic rings. The monoisotopic (exact) mass is 358 g/mol. The van der Waals surface area contributed by atoms with Gasteiger partial charge in [-0.05, 0) is 26.7 Å². The SMILES string of the molecule is CCCCCCCC(=O)OOC(=O)C1(CCCCCC)OC(C)(C)O1. The van der Waals surface area contributed by atoms with Crippen molar-refractivity contribution in [3.8, 4) is 0 Å². The van der Waals surface area contributed by atoms with Crippen molar-refractivity contribution >= 4 is 11.9 Å². The van der Waals surface area contributed by atoms with Gasteiger partial charge in [-0.1, -0.05) is 58.8 Å². The molecule has 1 rings (SSSR count). The molecule has 146 valence electrons. The summed E-state index contributed by atoms with van der Waals surface area (Å²) in [6, 6.07) is 0. The lowest BCUT2D eigenvalue weighted by molar-refractivity contribution is -0.488. The van der Waals surface area contributed by atoms with Crippen molar-refractivity contribution in [3.05, 3.63) is 0 Å². The summed E-state index contributed by atoms with van der Waals surface area (Å²) in [5, 5.41) is 0.